The first-order valence-corrected chi connectivity index (χ1v) is 7.48. The lowest BCUT2D eigenvalue weighted by Gasteiger charge is -2.23. The van der Waals surface area contributed by atoms with Crippen LogP contribution in [-0.4, -0.2) is 50.1 Å². The number of nitrogens with two attached hydrogens (primary N) is 1. The molecule has 2 heterocycles. The summed E-state index contributed by atoms with van der Waals surface area (Å²) < 4.78 is 1.61. The zero-order valence-electron chi connectivity index (χ0n) is 12.6. The summed E-state index contributed by atoms with van der Waals surface area (Å²) in [6, 6.07) is 9.55. The molecule has 1 aliphatic heterocycles. The molecule has 0 aliphatic carbocycles. The van der Waals surface area contributed by atoms with Crippen LogP contribution in [0.25, 0.3) is 0 Å². The SMILES string of the molecule is Cc1nnnn1C(Cc1ccccc1)C(=O)N1CC[C@@H](N)C1. The van der Waals surface area contributed by atoms with Gasteiger partial charge in [-0.2, -0.15) is 0 Å². The predicted molar refractivity (Wildman–Crippen MR) is 80.9 cm³/mol. The number of tetrazole rings is 1. The van der Waals surface area contributed by atoms with Crippen molar-refractivity contribution in [1.29, 1.82) is 0 Å². The molecular weight excluding hydrogens is 280 g/mol. The molecule has 0 bridgehead atoms. The van der Waals surface area contributed by atoms with E-state index in [-0.39, 0.29) is 11.9 Å². The minimum Gasteiger partial charge on any atom is -0.339 e. The molecule has 7 nitrogen and oxygen atoms in total. The zero-order chi connectivity index (χ0) is 15.5. The van der Waals surface area contributed by atoms with E-state index in [2.05, 4.69) is 15.5 Å². The van der Waals surface area contributed by atoms with Gasteiger partial charge in [0.05, 0.1) is 0 Å². The fourth-order valence-electron chi connectivity index (χ4n) is 2.84. The number of carbonyl (C=O) groups excluding carboxylic acids is 1. The fourth-order valence-corrected chi connectivity index (χ4v) is 2.84. The zero-order valence-corrected chi connectivity index (χ0v) is 12.6. The Labute approximate surface area is 129 Å². The van der Waals surface area contributed by atoms with Crippen molar-refractivity contribution in [3.8, 4) is 0 Å². The molecule has 1 fully saturated rings. The number of nitrogens with zero attached hydrogens (tertiary/aromatic N) is 5. The van der Waals surface area contributed by atoms with Crippen LogP contribution in [0.4, 0.5) is 0 Å². The molecule has 2 N–H and O–H groups in total. The van der Waals surface area contributed by atoms with Crippen molar-refractivity contribution >= 4 is 5.91 Å². The van der Waals surface area contributed by atoms with E-state index in [1.807, 2.05) is 35.2 Å². The average Bonchev–Trinajstić information content (AvgIpc) is 3.14. The second-order valence-corrected chi connectivity index (χ2v) is 5.71. The average molecular weight is 300 g/mol. The molecule has 1 amide bonds. The molecule has 7 heteroatoms. The number of benzene rings is 1. The van der Waals surface area contributed by atoms with Gasteiger partial charge >= 0.3 is 0 Å². The van der Waals surface area contributed by atoms with Gasteiger partial charge in [0.2, 0.25) is 5.91 Å². The normalized spacial score (nSPS) is 19.4. The highest BCUT2D eigenvalue weighted by atomic mass is 16.2. The highest BCUT2D eigenvalue weighted by molar-refractivity contribution is 5.81. The van der Waals surface area contributed by atoms with Crippen molar-refractivity contribution in [1.82, 2.24) is 25.1 Å². The lowest BCUT2D eigenvalue weighted by molar-refractivity contribution is -0.134. The van der Waals surface area contributed by atoms with E-state index < -0.39 is 6.04 Å². The fraction of sp³-hybridized carbons (Fsp3) is 0.467. The van der Waals surface area contributed by atoms with Gasteiger partial charge in [0, 0.05) is 25.6 Å². The molecule has 1 saturated heterocycles. The van der Waals surface area contributed by atoms with Crippen molar-refractivity contribution in [2.45, 2.75) is 31.8 Å². The topological polar surface area (TPSA) is 89.9 Å². The highest BCUT2D eigenvalue weighted by Crippen LogP contribution is 2.20. The van der Waals surface area contributed by atoms with Gasteiger partial charge < -0.3 is 10.6 Å². The molecule has 116 valence electrons. The van der Waals surface area contributed by atoms with Crippen LogP contribution in [0.1, 0.15) is 23.9 Å². The van der Waals surface area contributed by atoms with Gasteiger partial charge in [0.15, 0.2) is 0 Å². The van der Waals surface area contributed by atoms with Crippen LogP contribution < -0.4 is 5.73 Å². The molecule has 22 heavy (non-hydrogen) atoms. The third kappa shape index (κ3) is 2.99. The monoisotopic (exact) mass is 300 g/mol. The Morgan fingerprint density at radius 3 is 2.77 bits per heavy atom. The first-order valence-electron chi connectivity index (χ1n) is 7.48. The van der Waals surface area contributed by atoms with E-state index in [4.69, 9.17) is 5.73 Å². The lowest BCUT2D eigenvalue weighted by atomic mass is 10.0. The third-order valence-corrected chi connectivity index (χ3v) is 4.05. The number of hydrogen-bond donors (Lipinski definition) is 1. The summed E-state index contributed by atoms with van der Waals surface area (Å²) in [5.74, 6) is 0.671. The number of amides is 1. The van der Waals surface area contributed by atoms with Crippen LogP contribution >= 0.6 is 0 Å². The number of likely N-dealkylation sites (tertiary alicyclic amines) is 1. The lowest BCUT2D eigenvalue weighted by Crippen LogP contribution is -2.39. The van der Waals surface area contributed by atoms with Gasteiger partial charge in [-0.3, -0.25) is 4.79 Å². The van der Waals surface area contributed by atoms with E-state index in [1.165, 1.54) is 0 Å². The van der Waals surface area contributed by atoms with Crippen LogP contribution in [0.2, 0.25) is 0 Å². The second-order valence-electron chi connectivity index (χ2n) is 5.71. The van der Waals surface area contributed by atoms with Gasteiger partial charge in [-0.1, -0.05) is 30.3 Å². The van der Waals surface area contributed by atoms with E-state index in [9.17, 15) is 4.79 Å². The van der Waals surface area contributed by atoms with Crippen molar-refractivity contribution in [3.63, 3.8) is 0 Å². The van der Waals surface area contributed by atoms with Crippen molar-refractivity contribution in [3.05, 3.63) is 41.7 Å². The number of rotatable bonds is 4. The van der Waals surface area contributed by atoms with Crippen molar-refractivity contribution in [2.24, 2.45) is 5.73 Å². The van der Waals surface area contributed by atoms with E-state index in [0.29, 0.717) is 25.3 Å². The number of hydrogen-bond acceptors (Lipinski definition) is 5. The van der Waals surface area contributed by atoms with Crippen LogP contribution in [0, 0.1) is 6.92 Å². The van der Waals surface area contributed by atoms with Crippen LogP contribution in [-0.2, 0) is 11.2 Å². The van der Waals surface area contributed by atoms with Crippen molar-refractivity contribution < 1.29 is 4.79 Å². The van der Waals surface area contributed by atoms with E-state index in [0.717, 1.165) is 12.0 Å². The first-order chi connectivity index (χ1) is 10.6. The molecule has 2 atom stereocenters. The Balaban J connectivity index is 1.86. The second kappa shape index (κ2) is 6.23. The van der Waals surface area contributed by atoms with E-state index >= 15 is 0 Å². The molecule has 0 spiro atoms. The molecular formula is C15H20N6O. The van der Waals surface area contributed by atoms with Crippen LogP contribution in [0.15, 0.2) is 30.3 Å². The smallest absolute Gasteiger partial charge is 0.247 e. The Morgan fingerprint density at radius 2 is 2.18 bits per heavy atom. The summed E-state index contributed by atoms with van der Waals surface area (Å²) in [7, 11) is 0. The molecule has 1 aromatic heterocycles. The third-order valence-electron chi connectivity index (χ3n) is 4.05. The molecule has 2 aromatic rings. The predicted octanol–water partition coefficient (Wildman–Crippen LogP) is 0.325. The number of aromatic nitrogens is 4. The highest BCUT2D eigenvalue weighted by Gasteiger charge is 2.32. The van der Waals surface area contributed by atoms with Crippen molar-refractivity contribution in [2.75, 3.05) is 13.1 Å². The van der Waals surface area contributed by atoms with Crippen LogP contribution in [0.5, 0.6) is 0 Å². The Morgan fingerprint density at radius 1 is 1.41 bits per heavy atom. The van der Waals surface area contributed by atoms with Crippen LogP contribution in [0.3, 0.4) is 0 Å². The largest absolute Gasteiger partial charge is 0.339 e. The summed E-state index contributed by atoms with van der Waals surface area (Å²) in [5.41, 5.74) is 7.01. The maximum absolute atomic E-state index is 12.9. The molecule has 0 radical (unpaired) electrons. The standard InChI is InChI=1S/C15H20N6O/c1-11-17-18-19-21(11)14(9-12-5-3-2-4-6-12)15(22)20-8-7-13(16)10-20/h2-6,13-14H,7-10,16H2,1H3/t13-,14?/m1/s1. The molecule has 3 rings (SSSR count). The van der Waals surface area contributed by atoms with Gasteiger partial charge in [-0.15, -0.1) is 5.10 Å². The van der Waals surface area contributed by atoms with Gasteiger partial charge in [0.25, 0.3) is 0 Å². The number of carbonyl (C=O) groups is 1. The summed E-state index contributed by atoms with van der Waals surface area (Å²) in [6.07, 6.45) is 1.41. The Bertz CT molecular complexity index is 640. The van der Waals surface area contributed by atoms with Gasteiger partial charge in [0.1, 0.15) is 11.9 Å². The minimum absolute atomic E-state index is 0.0344. The Kier molecular flexibility index (Phi) is 4.15. The minimum atomic E-state index is -0.428. The Hall–Kier alpha value is -2.28. The maximum atomic E-state index is 12.9. The first kappa shape index (κ1) is 14.6. The summed E-state index contributed by atoms with van der Waals surface area (Å²) in [6.45, 7) is 3.11. The molecule has 0 saturated carbocycles. The molecule has 1 aromatic carbocycles. The maximum Gasteiger partial charge on any atom is 0.247 e. The molecule has 1 unspecified atom stereocenters. The summed E-state index contributed by atoms with van der Waals surface area (Å²) >= 11 is 0. The van der Waals surface area contributed by atoms with Gasteiger partial charge in [-0.25, -0.2) is 4.68 Å². The quantitative estimate of drug-likeness (QED) is 0.878. The summed E-state index contributed by atoms with van der Waals surface area (Å²) in [5, 5.41) is 11.6. The number of aryl methyl sites for hydroxylation is 1. The van der Waals surface area contributed by atoms with Gasteiger partial charge in [-0.05, 0) is 29.3 Å². The summed E-state index contributed by atoms with van der Waals surface area (Å²) in [4.78, 5) is 14.7. The molecule has 1 aliphatic rings. The van der Waals surface area contributed by atoms with E-state index in [1.54, 1.807) is 11.6 Å².